The molecular weight excluding hydrogens is 524 g/mol. The van der Waals surface area contributed by atoms with Crippen LogP contribution >= 0.6 is 11.3 Å². The molecule has 0 spiro atoms. The van der Waals surface area contributed by atoms with Crippen LogP contribution in [-0.2, 0) is 14.6 Å². The van der Waals surface area contributed by atoms with Gasteiger partial charge in [0.05, 0.1) is 35.1 Å². The van der Waals surface area contributed by atoms with E-state index in [0.717, 1.165) is 15.8 Å². The second-order valence-corrected chi connectivity index (χ2v) is 11.7. The van der Waals surface area contributed by atoms with Crippen LogP contribution in [0, 0.1) is 6.92 Å². The number of nitrogens with one attached hydrogen (secondary N) is 1. The summed E-state index contributed by atoms with van der Waals surface area (Å²) in [7, 11) is -0.294. The summed E-state index contributed by atoms with van der Waals surface area (Å²) < 4.78 is 42.3. The number of amides is 1. The lowest BCUT2D eigenvalue weighted by atomic mass is 10.1. The molecule has 10 heteroatoms. The van der Waals surface area contributed by atoms with Gasteiger partial charge in [0.1, 0.15) is 5.75 Å². The summed E-state index contributed by atoms with van der Waals surface area (Å²) in [6.45, 7) is 7.25. The van der Waals surface area contributed by atoms with Gasteiger partial charge < -0.3 is 14.2 Å². The molecule has 0 saturated carbocycles. The van der Waals surface area contributed by atoms with E-state index in [1.54, 1.807) is 57.6 Å². The number of benzene rings is 3. The lowest BCUT2D eigenvalue weighted by molar-refractivity contribution is -0.123. The molecule has 1 aromatic heterocycles. The first-order valence-corrected chi connectivity index (χ1v) is 14.2. The van der Waals surface area contributed by atoms with E-state index in [2.05, 4.69) is 16.9 Å². The van der Waals surface area contributed by atoms with Gasteiger partial charge >= 0.3 is 0 Å². The lowest BCUT2D eigenvalue weighted by Gasteiger charge is -2.20. The van der Waals surface area contributed by atoms with E-state index in [1.807, 2.05) is 19.1 Å². The van der Waals surface area contributed by atoms with Crippen molar-refractivity contribution >= 4 is 48.5 Å². The van der Waals surface area contributed by atoms with Crippen molar-refractivity contribution in [3.8, 4) is 17.2 Å². The molecule has 1 atom stereocenters. The number of sulfone groups is 1. The molecule has 0 aliphatic rings. The highest BCUT2D eigenvalue weighted by atomic mass is 32.2. The van der Waals surface area contributed by atoms with Crippen molar-refractivity contribution < 1.29 is 27.4 Å². The van der Waals surface area contributed by atoms with Gasteiger partial charge in [-0.3, -0.25) is 10.1 Å². The minimum atomic E-state index is -3.39. The maximum atomic E-state index is 13.6. The SMILES string of the molecule is C=Cc1ccc(OC(C(=O)Nc2nc3cc(OC)c(OC)cc3s2)c2ccc(S(=O)(=O)CC)cc2)c(C)c1. The Morgan fingerprint density at radius 1 is 1.05 bits per heavy atom. The fourth-order valence-electron chi connectivity index (χ4n) is 3.83. The Hall–Kier alpha value is -3.89. The van der Waals surface area contributed by atoms with Crippen molar-refractivity contribution in [1.29, 1.82) is 0 Å². The van der Waals surface area contributed by atoms with E-state index in [1.165, 1.54) is 23.5 Å². The number of rotatable bonds is 10. The van der Waals surface area contributed by atoms with Crippen LogP contribution in [0.4, 0.5) is 5.13 Å². The number of ether oxygens (including phenoxy) is 3. The summed E-state index contributed by atoms with van der Waals surface area (Å²) >= 11 is 1.29. The highest BCUT2D eigenvalue weighted by Gasteiger charge is 2.26. The summed E-state index contributed by atoms with van der Waals surface area (Å²) in [5, 5.41) is 3.22. The van der Waals surface area contributed by atoms with Crippen molar-refractivity contribution in [2.45, 2.75) is 24.8 Å². The van der Waals surface area contributed by atoms with E-state index in [9.17, 15) is 13.2 Å². The summed E-state index contributed by atoms with van der Waals surface area (Å²) in [6, 6.07) is 15.2. The molecule has 0 saturated heterocycles. The number of carbonyl (C=O) groups excluding carboxylic acids is 1. The van der Waals surface area contributed by atoms with Gasteiger partial charge in [-0.05, 0) is 42.3 Å². The van der Waals surface area contributed by atoms with Crippen LogP contribution in [0.2, 0.25) is 0 Å². The second-order valence-electron chi connectivity index (χ2n) is 8.38. The van der Waals surface area contributed by atoms with E-state index >= 15 is 0 Å². The number of anilines is 1. The van der Waals surface area contributed by atoms with E-state index < -0.39 is 21.8 Å². The molecule has 4 aromatic rings. The van der Waals surface area contributed by atoms with Crippen LogP contribution in [0.15, 0.2) is 66.1 Å². The fourth-order valence-corrected chi connectivity index (χ4v) is 5.59. The summed E-state index contributed by atoms with van der Waals surface area (Å²) in [5.41, 5.74) is 2.88. The number of carbonyl (C=O) groups is 1. The van der Waals surface area contributed by atoms with E-state index in [-0.39, 0.29) is 10.6 Å². The monoisotopic (exact) mass is 552 g/mol. The Morgan fingerprint density at radius 3 is 2.34 bits per heavy atom. The topological polar surface area (TPSA) is 104 Å². The van der Waals surface area contributed by atoms with Gasteiger partial charge in [0.15, 0.2) is 26.5 Å². The second kappa shape index (κ2) is 11.2. The summed E-state index contributed by atoms with van der Waals surface area (Å²) in [4.78, 5) is 18.3. The zero-order chi connectivity index (χ0) is 27.4. The predicted octanol–water partition coefficient (Wildman–Crippen LogP) is 5.82. The summed E-state index contributed by atoms with van der Waals surface area (Å²) in [6.07, 6.45) is 0.656. The maximum Gasteiger partial charge on any atom is 0.271 e. The Labute approximate surface area is 225 Å². The first-order chi connectivity index (χ1) is 18.2. The molecule has 1 unspecified atom stereocenters. The maximum absolute atomic E-state index is 13.6. The third-order valence-electron chi connectivity index (χ3n) is 5.96. The number of hydrogen-bond donors (Lipinski definition) is 1. The minimum absolute atomic E-state index is 0.0191. The van der Waals surface area contributed by atoms with Crippen LogP contribution in [0.25, 0.3) is 16.3 Å². The average molecular weight is 553 g/mol. The highest BCUT2D eigenvalue weighted by molar-refractivity contribution is 7.91. The number of methoxy groups -OCH3 is 2. The van der Waals surface area contributed by atoms with Gasteiger partial charge in [0.2, 0.25) is 6.10 Å². The van der Waals surface area contributed by atoms with Crippen molar-refractivity contribution in [3.05, 3.63) is 77.9 Å². The molecule has 0 radical (unpaired) electrons. The van der Waals surface area contributed by atoms with E-state index in [4.69, 9.17) is 14.2 Å². The largest absolute Gasteiger partial charge is 0.493 e. The predicted molar refractivity (Wildman–Crippen MR) is 150 cm³/mol. The number of aryl methyl sites for hydroxylation is 1. The molecule has 4 rings (SSSR count). The van der Waals surface area contributed by atoms with Crippen LogP contribution in [0.1, 0.15) is 29.7 Å². The van der Waals surface area contributed by atoms with Crippen LogP contribution in [0.3, 0.4) is 0 Å². The zero-order valence-corrected chi connectivity index (χ0v) is 23.1. The number of thiazole rings is 1. The van der Waals surface area contributed by atoms with Crippen molar-refractivity contribution in [3.63, 3.8) is 0 Å². The molecule has 0 fully saturated rings. The minimum Gasteiger partial charge on any atom is -0.493 e. The van der Waals surface area contributed by atoms with Crippen LogP contribution < -0.4 is 19.5 Å². The molecular formula is C28H28N2O6S2. The number of nitrogens with zero attached hydrogens (tertiary/aromatic N) is 1. The molecule has 1 N–H and O–H groups in total. The van der Waals surface area contributed by atoms with Crippen molar-refractivity contribution in [2.75, 3.05) is 25.3 Å². The van der Waals surface area contributed by atoms with Gasteiger partial charge in [-0.1, -0.05) is 49.1 Å². The van der Waals surface area contributed by atoms with Crippen LogP contribution in [-0.4, -0.2) is 39.3 Å². The first-order valence-electron chi connectivity index (χ1n) is 11.7. The molecule has 3 aromatic carbocycles. The van der Waals surface area contributed by atoms with Crippen molar-refractivity contribution in [1.82, 2.24) is 4.98 Å². The molecule has 1 amide bonds. The third-order valence-corrected chi connectivity index (χ3v) is 8.65. The molecule has 8 nitrogen and oxygen atoms in total. The fraction of sp³-hybridized carbons (Fsp3) is 0.214. The quantitative estimate of drug-likeness (QED) is 0.264. The average Bonchev–Trinajstić information content (AvgIpc) is 3.32. The third kappa shape index (κ3) is 5.66. The number of fused-ring (bicyclic) bond motifs is 1. The standard InChI is InChI=1S/C28H28N2O6S2/c1-6-18-8-13-22(17(3)14-18)36-26(19-9-11-20(12-10-19)38(32,33)7-2)27(31)30-28-29-21-15-23(34-4)24(35-5)16-25(21)37-28/h6,8-16,26H,1,7H2,2-5H3,(H,29,30,31). The Balaban J connectivity index is 1.69. The van der Waals surface area contributed by atoms with Gasteiger partial charge in [-0.25, -0.2) is 13.4 Å². The highest BCUT2D eigenvalue weighted by Crippen LogP contribution is 2.37. The molecule has 0 bridgehead atoms. The Morgan fingerprint density at radius 2 is 1.74 bits per heavy atom. The normalized spacial score (nSPS) is 12.1. The first kappa shape index (κ1) is 27.2. The Bertz CT molecular complexity index is 1550. The Kier molecular flexibility index (Phi) is 8.03. The zero-order valence-electron chi connectivity index (χ0n) is 21.5. The van der Waals surface area contributed by atoms with Gasteiger partial charge in [0, 0.05) is 17.7 Å². The smallest absolute Gasteiger partial charge is 0.271 e. The molecule has 1 heterocycles. The molecule has 198 valence electrons. The molecule has 0 aliphatic heterocycles. The molecule has 0 aliphatic carbocycles. The molecule has 38 heavy (non-hydrogen) atoms. The summed E-state index contributed by atoms with van der Waals surface area (Å²) in [5.74, 6) is 1.13. The van der Waals surface area contributed by atoms with Gasteiger partial charge in [-0.15, -0.1) is 0 Å². The van der Waals surface area contributed by atoms with Gasteiger partial charge in [0.25, 0.3) is 5.91 Å². The van der Waals surface area contributed by atoms with Crippen molar-refractivity contribution in [2.24, 2.45) is 0 Å². The van der Waals surface area contributed by atoms with Gasteiger partial charge in [-0.2, -0.15) is 0 Å². The number of hydrogen-bond acceptors (Lipinski definition) is 8. The lowest BCUT2D eigenvalue weighted by Crippen LogP contribution is -2.26. The van der Waals surface area contributed by atoms with Crippen LogP contribution in [0.5, 0.6) is 17.2 Å². The van der Waals surface area contributed by atoms with E-state index in [0.29, 0.717) is 33.5 Å². The number of aromatic nitrogens is 1.